The van der Waals surface area contributed by atoms with Gasteiger partial charge in [0, 0.05) is 0 Å². The highest BCUT2D eigenvalue weighted by molar-refractivity contribution is 5.69. The van der Waals surface area contributed by atoms with Gasteiger partial charge in [0.05, 0.1) is 25.9 Å². The van der Waals surface area contributed by atoms with Crippen molar-refractivity contribution in [2.24, 2.45) is 5.92 Å². The summed E-state index contributed by atoms with van der Waals surface area (Å²) in [6.45, 7) is 5.91. The number of nitrogens with zero attached hydrogens (tertiary/aromatic N) is 1. The third-order valence-electron chi connectivity index (χ3n) is 2.68. The molecule has 15 heavy (non-hydrogen) atoms. The van der Waals surface area contributed by atoms with Gasteiger partial charge in [-0.3, -0.25) is 4.90 Å². The van der Waals surface area contributed by atoms with Crippen molar-refractivity contribution < 1.29 is 19.4 Å². The first-order valence-electron chi connectivity index (χ1n) is 5.06. The van der Waals surface area contributed by atoms with E-state index in [-0.39, 0.29) is 18.8 Å². The normalized spacial score (nSPS) is 31.1. The van der Waals surface area contributed by atoms with Crippen LogP contribution in [0.25, 0.3) is 0 Å². The average molecular weight is 217 g/mol. The Balaban J connectivity index is 2.92. The van der Waals surface area contributed by atoms with E-state index >= 15 is 0 Å². The smallest absolute Gasteiger partial charge is 0.412 e. The molecule has 1 amide bonds. The van der Waals surface area contributed by atoms with Crippen LogP contribution in [0.2, 0.25) is 0 Å². The van der Waals surface area contributed by atoms with Crippen LogP contribution in [0.5, 0.6) is 0 Å². The lowest BCUT2D eigenvalue weighted by Crippen LogP contribution is -2.53. The third-order valence-corrected chi connectivity index (χ3v) is 2.68. The zero-order valence-corrected chi connectivity index (χ0v) is 9.69. The van der Waals surface area contributed by atoms with Crippen molar-refractivity contribution in [1.29, 1.82) is 0 Å². The van der Waals surface area contributed by atoms with Crippen molar-refractivity contribution in [2.45, 2.75) is 32.5 Å². The van der Waals surface area contributed by atoms with E-state index in [0.717, 1.165) is 0 Å². The molecule has 1 rings (SSSR count). The topological polar surface area (TPSA) is 59.0 Å². The van der Waals surface area contributed by atoms with E-state index in [1.165, 1.54) is 12.0 Å². The van der Waals surface area contributed by atoms with Crippen molar-refractivity contribution in [3.8, 4) is 0 Å². The molecule has 0 bridgehead atoms. The van der Waals surface area contributed by atoms with E-state index in [9.17, 15) is 9.90 Å². The monoisotopic (exact) mass is 217 g/mol. The molecule has 5 nitrogen and oxygen atoms in total. The van der Waals surface area contributed by atoms with Gasteiger partial charge < -0.3 is 14.6 Å². The Bertz CT molecular complexity index is 244. The molecule has 1 heterocycles. The molecular formula is C10H19NO4. The van der Waals surface area contributed by atoms with Gasteiger partial charge in [-0.1, -0.05) is 13.8 Å². The Kier molecular flexibility index (Phi) is 3.57. The number of carbonyl (C=O) groups excluding carboxylic acids is 1. The highest BCUT2D eigenvalue weighted by atomic mass is 16.6. The first-order chi connectivity index (χ1) is 6.96. The van der Waals surface area contributed by atoms with Crippen molar-refractivity contribution >= 4 is 6.09 Å². The van der Waals surface area contributed by atoms with Crippen molar-refractivity contribution in [1.82, 2.24) is 4.90 Å². The largest absolute Gasteiger partial charge is 0.453 e. The lowest BCUT2D eigenvalue weighted by molar-refractivity contribution is -0.0122. The minimum absolute atomic E-state index is 0.134. The molecule has 0 aromatic rings. The average Bonchev–Trinajstić information content (AvgIpc) is 2.56. The van der Waals surface area contributed by atoms with Gasteiger partial charge in [-0.25, -0.2) is 4.79 Å². The maximum absolute atomic E-state index is 11.6. The van der Waals surface area contributed by atoms with E-state index in [1.54, 1.807) is 6.92 Å². The molecule has 1 N–H and O–H groups in total. The molecule has 0 spiro atoms. The Morgan fingerprint density at radius 3 is 2.73 bits per heavy atom. The maximum atomic E-state index is 11.6. The highest BCUT2D eigenvalue weighted by Gasteiger charge is 2.48. The molecule has 2 unspecified atom stereocenters. The van der Waals surface area contributed by atoms with Crippen LogP contribution in [0.4, 0.5) is 4.79 Å². The number of hydrogen-bond donors (Lipinski definition) is 1. The molecular weight excluding hydrogens is 198 g/mol. The fraction of sp³-hybridized carbons (Fsp3) is 0.900. The number of ether oxygens (including phenoxy) is 2. The number of carbonyl (C=O) groups is 1. The summed E-state index contributed by atoms with van der Waals surface area (Å²) in [7, 11) is 1.33. The summed E-state index contributed by atoms with van der Waals surface area (Å²) in [6, 6.07) is 0. The van der Waals surface area contributed by atoms with Crippen LogP contribution >= 0.6 is 0 Å². The van der Waals surface area contributed by atoms with E-state index in [0.29, 0.717) is 6.61 Å². The van der Waals surface area contributed by atoms with Crippen LogP contribution in [0, 0.1) is 5.92 Å². The summed E-state index contributed by atoms with van der Waals surface area (Å²) in [5, 5.41) is 9.31. The SMILES string of the molecule is COC(=O)N1C(C(C)C)OCC1(C)CO. The van der Waals surface area contributed by atoms with Gasteiger partial charge in [-0.05, 0) is 12.8 Å². The summed E-state index contributed by atoms with van der Waals surface area (Å²) >= 11 is 0. The van der Waals surface area contributed by atoms with Gasteiger partial charge in [0.1, 0.15) is 6.23 Å². The van der Waals surface area contributed by atoms with Crippen LogP contribution < -0.4 is 0 Å². The standard InChI is InChI=1S/C10H19NO4/c1-7(2)8-11(9(13)14-4)10(3,5-12)6-15-8/h7-8,12H,5-6H2,1-4H3. The highest BCUT2D eigenvalue weighted by Crippen LogP contribution is 2.31. The Morgan fingerprint density at radius 1 is 1.73 bits per heavy atom. The fourth-order valence-electron chi connectivity index (χ4n) is 1.75. The first-order valence-corrected chi connectivity index (χ1v) is 5.06. The lowest BCUT2D eigenvalue weighted by Gasteiger charge is -2.34. The number of hydrogen-bond acceptors (Lipinski definition) is 4. The Hall–Kier alpha value is -0.810. The molecule has 1 fully saturated rings. The molecule has 2 atom stereocenters. The van der Waals surface area contributed by atoms with Crippen molar-refractivity contribution in [3.05, 3.63) is 0 Å². The van der Waals surface area contributed by atoms with Crippen LogP contribution in [0.15, 0.2) is 0 Å². The van der Waals surface area contributed by atoms with Crippen LogP contribution in [-0.2, 0) is 9.47 Å². The van der Waals surface area contributed by atoms with E-state index in [1.807, 2.05) is 13.8 Å². The number of methoxy groups -OCH3 is 1. The maximum Gasteiger partial charge on any atom is 0.412 e. The second kappa shape index (κ2) is 4.37. The third kappa shape index (κ3) is 2.08. The second-order valence-corrected chi connectivity index (χ2v) is 4.44. The summed E-state index contributed by atoms with van der Waals surface area (Å²) in [4.78, 5) is 13.1. The van der Waals surface area contributed by atoms with E-state index in [2.05, 4.69) is 0 Å². The zero-order chi connectivity index (χ0) is 11.6. The fourth-order valence-corrected chi connectivity index (χ4v) is 1.75. The molecule has 5 heteroatoms. The van der Waals surface area contributed by atoms with Gasteiger partial charge in [-0.2, -0.15) is 0 Å². The molecule has 0 radical (unpaired) electrons. The Labute approximate surface area is 90.0 Å². The minimum atomic E-state index is -0.679. The molecule has 1 aliphatic heterocycles. The van der Waals surface area contributed by atoms with Crippen LogP contribution in [0.3, 0.4) is 0 Å². The summed E-state index contributed by atoms with van der Waals surface area (Å²) in [5.74, 6) is 0.164. The number of aliphatic hydroxyl groups is 1. The minimum Gasteiger partial charge on any atom is -0.453 e. The predicted octanol–water partition coefficient (Wildman–Crippen LogP) is 0.818. The lowest BCUT2D eigenvalue weighted by atomic mass is 10.0. The molecule has 1 aliphatic rings. The quantitative estimate of drug-likeness (QED) is 0.744. The molecule has 0 aromatic heterocycles. The van der Waals surface area contributed by atoms with Gasteiger partial charge in [0.15, 0.2) is 0 Å². The van der Waals surface area contributed by atoms with E-state index < -0.39 is 11.6 Å². The molecule has 1 saturated heterocycles. The van der Waals surface area contributed by atoms with Crippen LogP contribution in [-0.4, -0.2) is 48.2 Å². The van der Waals surface area contributed by atoms with Crippen molar-refractivity contribution in [2.75, 3.05) is 20.3 Å². The summed E-state index contributed by atoms with van der Waals surface area (Å²) in [6.07, 6.45) is -0.780. The van der Waals surface area contributed by atoms with Gasteiger partial charge in [-0.15, -0.1) is 0 Å². The summed E-state index contributed by atoms with van der Waals surface area (Å²) in [5.41, 5.74) is -0.679. The molecule has 0 saturated carbocycles. The molecule has 0 aromatic carbocycles. The Morgan fingerprint density at radius 2 is 2.33 bits per heavy atom. The van der Waals surface area contributed by atoms with Gasteiger partial charge >= 0.3 is 6.09 Å². The van der Waals surface area contributed by atoms with E-state index in [4.69, 9.17) is 9.47 Å². The molecule has 88 valence electrons. The number of rotatable bonds is 2. The van der Waals surface area contributed by atoms with Gasteiger partial charge in [0.2, 0.25) is 0 Å². The summed E-state index contributed by atoms with van der Waals surface area (Å²) < 4.78 is 10.2. The zero-order valence-electron chi connectivity index (χ0n) is 9.69. The predicted molar refractivity (Wildman–Crippen MR) is 54.3 cm³/mol. The number of amides is 1. The molecule has 0 aliphatic carbocycles. The second-order valence-electron chi connectivity index (χ2n) is 4.44. The number of aliphatic hydroxyl groups excluding tert-OH is 1. The van der Waals surface area contributed by atoms with Gasteiger partial charge in [0.25, 0.3) is 0 Å². The van der Waals surface area contributed by atoms with Crippen molar-refractivity contribution in [3.63, 3.8) is 0 Å². The first kappa shape index (κ1) is 12.3. The van der Waals surface area contributed by atoms with Crippen LogP contribution in [0.1, 0.15) is 20.8 Å².